The zero-order valence-electron chi connectivity index (χ0n) is 12.3. The van der Waals surface area contributed by atoms with Gasteiger partial charge in [-0.2, -0.15) is 0 Å². The molecule has 102 valence electrons. The lowest BCUT2D eigenvalue weighted by molar-refractivity contribution is 0.868. The van der Waals surface area contributed by atoms with Crippen LogP contribution in [0.1, 0.15) is 30.9 Å². The fraction of sp³-hybridized carbons (Fsp3) is 0.438. The van der Waals surface area contributed by atoms with Crippen LogP contribution in [0.25, 0.3) is 10.9 Å². The molecular formula is C16H23N3. The highest BCUT2D eigenvalue weighted by Crippen LogP contribution is 2.25. The van der Waals surface area contributed by atoms with E-state index in [2.05, 4.69) is 43.0 Å². The second-order valence-corrected chi connectivity index (χ2v) is 5.51. The first-order valence-electron chi connectivity index (χ1n) is 6.84. The van der Waals surface area contributed by atoms with Crippen molar-refractivity contribution in [3.8, 4) is 0 Å². The van der Waals surface area contributed by atoms with Crippen LogP contribution in [0.4, 0.5) is 5.82 Å². The van der Waals surface area contributed by atoms with Crippen molar-refractivity contribution in [2.75, 3.05) is 25.5 Å². The Balaban J connectivity index is 2.60. The summed E-state index contributed by atoms with van der Waals surface area (Å²) in [5, 5.41) is 1.21. The van der Waals surface area contributed by atoms with Crippen LogP contribution in [0.3, 0.4) is 0 Å². The van der Waals surface area contributed by atoms with Crippen molar-refractivity contribution in [2.45, 2.75) is 26.2 Å². The molecule has 0 bridgehead atoms. The number of pyridine rings is 1. The van der Waals surface area contributed by atoms with E-state index in [1.807, 2.05) is 14.1 Å². The molecule has 3 heteroatoms. The molecule has 0 spiro atoms. The minimum Gasteiger partial charge on any atom is -0.362 e. The smallest absolute Gasteiger partial charge is 0.132 e. The summed E-state index contributed by atoms with van der Waals surface area (Å²) in [6.07, 6.45) is 0.863. The molecule has 19 heavy (non-hydrogen) atoms. The number of nitrogens with zero attached hydrogens (tertiary/aromatic N) is 2. The number of hydrogen-bond acceptors (Lipinski definition) is 3. The van der Waals surface area contributed by atoms with Gasteiger partial charge in [0.1, 0.15) is 5.82 Å². The number of anilines is 1. The van der Waals surface area contributed by atoms with Gasteiger partial charge in [0, 0.05) is 19.5 Å². The fourth-order valence-corrected chi connectivity index (χ4v) is 2.31. The second-order valence-electron chi connectivity index (χ2n) is 5.51. The minimum atomic E-state index is 0.538. The Morgan fingerprint density at radius 2 is 1.95 bits per heavy atom. The number of fused-ring (bicyclic) bond motifs is 1. The Morgan fingerprint density at radius 1 is 1.21 bits per heavy atom. The second kappa shape index (κ2) is 5.57. The molecule has 0 saturated carbocycles. The number of rotatable bonds is 4. The summed E-state index contributed by atoms with van der Waals surface area (Å²) >= 11 is 0. The van der Waals surface area contributed by atoms with Gasteiger partial charge in [-0.3, -0.25) is 0 Å². The van der Waals surface area contributed by atoms with Gasteiger partial charge in [0.15, 0.2) is 0 Å². The van der Waals surface area contributed by atoms with Gasteiger partial charge in [0.2, 0.25) is 0 Å². The van der Waals surface area contributed by atoms with Crippen molar-refractivity contribution < 1.29 is 0 Å². The Labute approximate surface area is 115 Å². The third-order valence-corrected chi connectivity index (χ3v) is 3.40. The first-order valence-corrected chi connectivity index (χ1v) is 6.84. The maximum absolute atomic E-state index is 5.71. The monoisotopic (exact) mass is 257 g/mol. The van der Waals surface area contributed by atoms with Gasteiger partial charge in [0.25, 0.3) is 0 Å². The van der Waals surface area contributed by atoms with Crippen LogP contribution in [0, 0.1) is 0 Å². The van der Waals surface area contributed by atoms with Crippen molar-refractivity contribution in [2.24, 2.45) is 5.73 Å². The predicted octanol–water partition coefficient (Wildman–Crippen LogP) is 2.93. The van der Waals surface area contributed by atoms with Gasteiger partial charge in [-0.15, -0.1) is 0 Å². The van der Waals surface area contributed by atoms with Crippen LogP contribution in [0.2, 0.25) is 0 Å². The molecule has 0 unspecified atom stereocenters. The molecule has 1 aromatic heterocycles. The van der Waals surface area contributed by atoms with Gasteiger partial charge < -0.3 is 10.6 Å². The third-order valence-electron chi connectivity index (χ3n) is 3.40. The highest BCUT2D eigenvalue weighted by atomic mass is 15.1. The van der Waals surface area contributed by atoms with E-state index in [0.717, 1.165) is 17.8 Å². The molecular weight excluding hydrogens is 234 g/mol. The fourth-order valence-electron chi connectivity index (χ4n) is 2.31. The summed E-state index contributed by atoms with van der Waals surface area (Å²) in [6.45, 7) is 5.07. The van der Waals surface area contributed by atoms with Gasteiger partial charge in [-0.25, -0.2) is 4.98 Å². The third kappa shape index (κ3) is 2.87. The lowest BCUT2D eigenvalue weighted by atomic mass is 10.00. The molecule has 1 aromatic carbocycles. The molecule has 2 N–H and O–H groups in total. The van der Waals surface area contributed by atoms with E-state index in [0.29, 0.717) is 12.5 Å². The maximum Gasteiger partial charge on any atom is 0.132 e. The molecule has 0 aliphatic rings. The van der Waals surface area contributed by atoms with Crippen LogP contribution in [-0.2, 0) is 6.42 Å². The molecule has 0 radical (unpaired) electrons. The standard InChI is InChI=1S/C16H23N3/c1-11(2)12-5-6-15-14(9-12)10-13(7-8-17)16(18-15)19(3)4/h5-6,9-11H,7-8,17H2,1-4H3. The van der Waals surface area contributed by atoms with Gasteiger partial charge in [-0.05, 0) is 48.2 Å². The Kier molecular flexibility index (Phi) is 4.05. The summed E-state index contributed by atoms with van der Waals surface area (Å²) in [6, 6.07) is 8.76. The zero-order chi connectivity index (χ0) is 14.0. The minimum absolute atomic E-state index is 0.538. The summed E-state index contributed by atoms with van der Waals surface area (Å²) in [5.41, 5.74) is 9.33. The molecule has 2 rings (SSSR count). The number of benzene rings is 1. The molecule has 0 saturated heterocycles. The SMILES string of the molecule is CC(C)c1ccc2nc(N(C)C)c(CCN)cc2c1. The number of nitrogens with two attached hydrogens (primary N) is 1. The van der Waals surface area contributed by atoms with Crippen molar-refractivity contribution in [3.05, 3.63) is 35.4 Å². The van der Waals surface area contributed by atoms with Crippen LogP contribution in [-0.4, -0.2) is 25.6 Å². The summed E-state index contributed by atoms with van der Waals surface area (Å²) in [4.78, 5) is 6.82. The molecule has 0 amide bonds. The lowest BCUT2D eigenvalue weighted by Crippen LogP contribution is -2.15. The molecule has 0 atom stereocenters. The molecule has 1 heterocycles. The molecule has 0 aliphatic carbocycles. The van der Waals surface area contributed by atoms with Crippen molar-refractivity contribution in [1.82, 2.24) is 4.98 Å². The van der Waals surface area contributed by atoms with E-state index in [4.69, 9.17) is 10.7 Å². The topological polar surface area (TPSA) is 42.2 Å². The summed E-state index contributed by atoms with van der Waals surface area (Å²) < 4.78 is 0. The Hall–Kier alpha value is -1.61. The molecule has 3 nitrogen and oxygen atoms in total. The van der Waals surface area contributed by atoms with E-state index in [1.165, 1.54) is 16.5 Å². The van der Waals surface area contributed by atoms with Crippen LogP contribution in [0.15, 0.2) is 24.3 Å². The van der Waals surface area contributed by atoms with Crippen LogP contribution in [0.5, 0.6) is 0 Å². The highest BCUT2D eigenvalue weighted by Gasteiger charge is 2.09. The first kappa shape index (κ1) is 13.8. The highest BCUT2D eigenvalue weighted by molar-refractivity contribution is 5.82. The zero-order valence-corrected chi connectivity index (χ0v) is 12.3. The first-order chi connectivity index (χ1) is 9.02. The largest absolute Gasteiger partial charge is 0.362 e. The molecule has 0 fully saturated rings. The van der Waals surface area contributed by atoms with Crippen LogP contribution >= 0.6 is 0 Å². The Morgan fingerprint density at radius 3 is 2.53 bits per heavy atom. The van der Waals surface area contributed by atoms with E-state index >= 15 is 0 Å². The van der Waals surface area contributed by atoms with Crippen molar-refractivity contribution >= 4 is 16.7 Å². The lowest BCUT2D eigenvalue weighted by Gasteiger charge is -2.17. The quantitative estimate of drug-likeness (QED) is 0.915. The Bertz CT molecular complexity index is 573. The molecule has 2 aromatic rings. The van der Waals surface area contributed by atoms with Gasteiger partial charge >= 0.3 is 0 Å². The predicted molar refractivity (Wildman–Crippen MR) is 82.9 cm³/mol. The summed E-state index contributed by atoms with van der Waals surface area (Å²) in [7, 11) is 4.05. The maximum atomic E-state index is 5.71. The summed E-state index contributed by atoms with van der Waals surface area (Å²) in [5.74, 6) is 1.56. The van der Waals surface area contributed by atoms with E-state index in [-0.39, 0.29) is 0 Å². The van der Waals surface area contributed by atoms with Crippen molar-refractivity contribution in [1.29, 1.82) is 0 Å². The normalized spacial score (nSPS) is 11.3. The average molecular weight is 257 g/mol. The van der Waals surface area contributed by atoms with E-state index in [1.54, 1.807) is 0 Å². The number of aromatic nitrogens is 1. The van der Waals surface area contributed by atoms with E-state index < -0.39 is 0 Å². The average Bonchev–Trinajstić information content (AvgIpc) is 2.37. The van der Waals surface area contributed by atoms with Crippen LogP contribution < -0.4 is 10.6 Å². The molecule has 0 aliphatic heterocycles. The number of hydrogen-bond donors (Lipinski definition) is 1. The van der Waals surface area contributed by atoms with Gasteiger partial charge in [-0.1, -0.05) is 19.9 Å². The van der Waals surface area contributed by atoms with Crippen molar-refractivity contribution in [3.63, 3.8) is 0 Å². The van der Waals surface area contributed by atoms with Gasteiger partial charge in [0.05, 0.1) is 5.52 Å². The van der Waals surface area contributed by atoms with E-state index in [9.17, 15) is 0 Å².